The first-order valence-corrected chi connectivity index (χ1v) is 7.27. The van der Waals surface area contributed by atoms with E-state index in [-0.39, 0.29) is 0 Å². The fourth-order valence-corrected chi connectivity index (χ4v) is 2.57. The smallest absolute Gasteiger partial charge is 0.175 e. The summed E-state index contributed by atoms with van der Waals surface area (Å²) in [4.78, 5) is 8.31. The van der Waals surface area contributed by atoms with Crippen molar-refractivity contribution in [2.24, 2.45) is 7.05 Å². The summed E-state index contributed by atoms with van der Waals surface area (Å²) in [7, 11) is 1.93. The third kappa shape index (κ3) is 2.52. The Morgan fingerprint density at radius 1 is 1.13 bits per heavy atom. The van der Waals surface area contributed by atoms with E-state index in [4.69, 9.17) is 0 Å². The van der Waals surface area contributed by atoms with Gasteiger partial charge in [-0.25, -0.2) is 4.98 Å². The molecule has 0 aliphatic heterocycles. The van der Waals surface area contributed by atoms with Crippen LogP contribution in [-0.2, 0) is 13.6 Å². The fraction of sp³-hybridized carbons (Fsp3) is 0.125. The topological polar surface area (TPSA) is 72.9 Å². The lowest BCUT2D eigenvalue weighted by atomic mass is 10.1. The summed E-state index contributed by atoms with van der Waals surface area (Å²) in [6, 6.07) is 10.2. The maximum absolute atomic E-state index is 4.57. The zero-order valence-electron chi connectivity index (χ0n) is 12.6. The molecule has 0 saturated heterocycles. The van der Waals surface area contributed by atoms with E-state index in [1.165, 1.54) is 6.33 Å². The van der Waals surface area contributed by atoms with Gasteiger partial charge in [0.25, 0.3) is 0 Å². The molecule has 7 heteroatoms. The highest BCUT2D eigenvalue weighted by atomic mass is 15.3. The van der Waals surface area contributed by atoms with Gasteiger partial charge >= 0.3 is 0 Å². The van der Waals surface area contributed by atoms with Crippen molar-refractivity contribution in [1.82, 2.24) is 29.4 Å². The van der Waals surface area contributed by atoms with Gasteiger partial charge in [0.15, 0.2) is 5.65 Å². The van der Waals surface area contributed by atoms with Gasteiger partial charge in [-0.3, -0.25) is 9.67 Å². The van der Waals surface area contributed by atoms with Gasteiger partial charge in [0.1, 0.15) is 12.1 Å². The molecule has 114 valence electrons. The molecule has 0 radical (unpaired) electrons. The second-order valence-electron chi connectivity index (χ2n) is 5.22. The average molecular weight is 305 g/mol. The molecule has 1 N–H and O–H groups in total. The maximum atomic E-state index is 4.57. The fourth-order valence-electron chi connectivity index (χ4n) is 2.57. The van der Waals surface area contributed by atoms with Crippen LogP contribution in [0, 0.1) is 0 Å². The van der Waals surface area contributed by atoms with E-state index in [1.54, 1.807) is 16.9 Å². The highest BCUT2D eigenvalue weighted by molar-refractivity contribution is 5.63. The van der Waals surface area contributed by atoms with Crippen LogP contribution in [0.25, 0.3) is 16.9 Å². The summed E-state index contributed by atoms with van der Waals surface area (Å²) >= 11 is 0. The first kappa shape index (κ1) is 13.4. The molecular formula is C16H15N7. The number of rotatable bonds is 4. The number of hydrogen-bond donors (Lipinski definition) is 1. The van der Waals surface area contributed by atoms with E-state index in [0.29, 0.717) is 12.2 Å². The SMILES string of the molecule is Cn1cc(CNc2cncc3ncnn23)c(-c2ccccc2)n1. The molecule has 0 amide bonds. The van der Waals surface area contributed by atoms with Crippen molar-refractivity contribution < 1.29 is 0 Å². The third-order valence-corrected chi connectivity index (χ3v) is 3.60. The Hall–Kier alpha value is -3.22. The molecule has 0 unspecified atom stereocenters. The van der Waals surface area contributed by atoms with Crippen molar-refractivity contribution in [3.8, 4) is 11.3 Å². The van der Waals surface area contributed by atoms with E-state index in [1.807, 2.05) is 36.1 Å². The van der Waals surface area contributed by atoms with E-state index in [2.05, 4.69) is 37.6 Å². The van der Waals surface area contributed by atoms with Gasteiger partial charge in [-0.15, -0.1) is 0 Å². The van der Waals surface area contributed by atoms with E-state index in [9.17, 15) is 0 Å². The zero-order chi connectivity index (χ0) is 15.6. The number of aromatic nitrogens is 6. The normalized spacial score (nSPS) is 11.0. The van der Waals surface area contributed by atoms with E-state index in [0.717, 1.165) is 22.6 Å². The van der Waals surface area contributed by atoms with Crippen LogP contribution in [0.5, 0.6) is 0 Å². The first-order valence-electron chi connectivity index (χ1n) is 7.27. The van der Waals surface area contributed by atoms with Gasteiger partial charge in [0, 0.05) is 30.9 Å². The largest absolute Gasteiger partial charge is 0.364 e. The molecule has 4 aromatic rings. The molecule has 4 rings (SSSR count). The Bertz CT molecular complexity index is 939. The molecule has 0 fully saturated rings. The molecule has 0 saturated carbocycles. The van der Waals surface area contributed by atoms with Gasteiger partial charge in [-0.2, -0.15) is 14.7 Å². The highest BCUT2D eigenvalue weighted by Gasteiger charge is 2.10. The lowest BCUT2D eigenvalue weighted by Gasteiger charge is -2.07. The van der Waals surface area contributed by atoms with Crippen LogP contribution in [0.1, 0.15) is 5.56 Å². The van der Waals surface area contributed by atoms with Gasteiger partial charge in [-0.1, -0.05) is 30.3 Å². The summed E-state index contributed by atoms with van der Waals surface area (Å²) in [6.45, 7) is 0.624. The molecule has 1 aromatic carbocycles. The monoisotopic (exact) mass is 305 g/mol. The Kier molecular flexibility index (Phi) is 3.23. The van der Waals surface area contributed by atoms with Crippen molar-refractivity contribution in [2.45, 2.75) is 6.54 Å². The van der Waals surface area contributed by atoms with Crippen LogP contribution in [0.4, 0.5) is 5.82 Å². The molecule has 0 spiro atoms. The van der Waals surface area contributed by atoms with Gasteiger partial charge in [-0.05, 0) is 0 Å². The Balaban J connectivity index is 1.64. The van der Waals surface area contributed by atoms with Crippen molar-refractivity contribution in [1.29, 1.82) is 0 Å². The predicted octanol–water partition coefficient (Wildman–Crippen LogP) is 2.14. The molecule has 0 aliphatic rings. The standard InChI is InChI=1S/C16H15N7/c1-22-10-13(16(21-22)12-5-3-2-4-6-12)7-18-14-8-17-9-15-19-11-20-23(14)15/h2-6,8-11,18H,7H2,1H3. The first-order chi connectivity index (χ1) is 11.3. The number of benzene rings is 1. The van der Waals surface area contributed by atoms with Gasteiger partial charge < -0.3 is 5.32 Å². The number of aryl methyl sites for hydroxylation is 1. The number of anilines is 1. The van der Waals surface area contributed by atoms with E-state index >= 15 is 0 Å². The van der Waals surface area contributed by atoms with E-state index < -0.39 is 0 Å². The minimum absolute atomic E-state index is 0.624. The highest BCUT2D eigenvalue weighted by Crippen LogP contribution is 2.22. The second kappa shape index (κ2) is 5.53. The number of hydrogen-bond acceptors (Lipinski definition) is 5. The molecular weight excluding hydrogens is 290 g/mol. The molecule has 0 atom stereocenters. The Morgan fingerprint density at radius 2 is 2.00 bits per heavy atom. The quantitative estimate of drug-likeness (QED) is 0.625. The minimum Gasteiger partial charge on any atom is -0.364 e. The van der Waals surface area contributed by atoms with Crippen LogP contribution in [-0.4, -0.2) is 29.4 Å². The lowest BCUT2D eigenvalue weighted by Crippen LogP contribution is -2.06. The summed E-state index contributed by atoms with van der Waals surface area (Å²) in [5, 5.41) is 12.1. The number of fused-ring (bicyclic) bond motifs is 1. The van der Waals surface area contributed by atoms with Crippen LogP contribution in [0.15, 0.2) is 55.2 Å². The Morgan fingerprint density at radius 3 is 2.87 bits per heavy atom. The summed E-state index contributed by atoms with van der Waals surface area (Å²) in [5.41, 5.74) is 3.89. The predicted molar refractivity (Wildman–Crippen MR) is 86.8 cm³/mol. The van der Waals surface area contributed by atoms with Gasteiger partial charge in [0.2, 0.25) is 0 Å². The number of nitrogens with zero attached hydrogens (tertiary/aromatic N) is 6. The molecule has 3 heterocycles. The molecule has 3 aromatic heterocycles. The molecule has 0 bridgehead atoms. The summed E-state index contributed by atoms with van der Waals surface area (Å²) in [5.74, 6) is 0.794. The van der Waals surface area contributed by atoms with Crippen LogP contribution in [0.2, 0.25) is 0 Å². The third-order valence-electron chi connectivity index (χ3n) is 3.60. The summed E-state index contributed by atoms with van der Waals surface area (Å²) in [6.07, 6.45) is 6.95. The lowest BCUT2D eigenvalue weighted by molar-refractivity contribution is 0.770. The van der Waals surface area contributed by atoms with Crippen LogP contribution < -0.4 is 5.32 Å². The van der Waals surface area contributed by atoms with Crippen molar-refractivity contribution >= 4 is 11.5 Å². The average Bonchev–Trinajstić information content (AvgIpc) is 3.20. The molecule has 0 aliphatic carbocycles. The molecule has 23 heavy (non-hydrogen) atoms. The molecule has 7 nitrogen and oxygen atoms in total. The van der Waals surface area contributed by atoms with Crippen molar-refractivity contribution in [2.75, 3.05) is 5.32 Å². The number of nitrogens with one attached hydrogen (secondary N) is 1. The second-order valence-corrected chi connectivity index (χ2v) is 5.22. The maximum Gasteiger partial charge on any atom is 0.175 e. The minimum atomic E-state index is 0.624. The van der Waals surface area contributed by atoms with Crippen LogP contribution >= 0.6 is 0 Å². The Labute approximate surface area is 132 Å². The summed E-state index contributed by atoms with van der Waals surface area (Å²) < 4.78 is 3.55. The van der Waals surface area contributed by atoms with Crippen molar-refractivity contribution in [3.05, 3.63) is 60.8 Å². The van der Waals surface area contributed by atoms with Crippen molar-refractivity contribution in [3.63, 3.8) is 0 Å². The van der Waals surface area contributed by atoms with Crippen LogP contribution in [0.3, 0.4) is 0 Å². The zero-order valence-corrected chi connectivity index (χ0v) is 12.6. The van der Waals surface area contributed by atoms with Gasteiger partial charge in [0.05, 0.1) is 18.1 Å².